The predicted molar refractivity (Wildman–Crippen MR) is 105 cm³/mol. The number of benzene rings is 2. The minimum absolute atomic E-state index is 0.0154. The van der Waals surface area contributed by atoms with Crippen LogP contribution in [0.5, 0.6) is 0 Å². The van der Waals surface area contributed by atoms with E-state index in [1.54, 1.807) is 19.1 Å². The van der Waals surface area contributed by atoms with Crippen molar-refractivity contribution in [3.05, 3.63) is 64.7 Å². The number of amides is 1. The second kappa shape index (κ2) is 7.73. The smallest absolute Gasteiger partial charge is 0.338 e. The molecule has 0 saturated carbocycles. The number of hydrogen-bond acceptors (Lipinski definition) is 3. The van der Waals surface area contributed by atoms with Crippen LogP contribution in [0.2, 0.25) is 0 Å². The van der Waals surface area contributed by atoms with E-state index in [1.807, 2.05) is 44.2 Å². The number of rotatable bonds is 4. The van der Waals surface area contributed by atoms with Gasteiger partial charge in [-0.2, -0.15) is 0 Å². The molecule has 0 aliphatic heterocycles. The molecule has 2 aromatic rings. The van der Waals surface area contributed by atoms with E-state index in [0.717, 1.165) is 22.4 Å². The van der Waals surface area contributed by atoms with Gasteiger partial charge in [0.1, 0.15) is 0 Å². The van der Waals surface area contributed by atoms with Gasteiger partial charge in [0.15, 0.2) is 6.10 Å². The molecule has 0 aliphatic rings. The van der Waals surface area contributed by atoms with Gasteiger partial charge in [-0.3, -0.25) is 4.79 Å². The van der Waals surface area contributed by atoms with Crippen molar-refractivity contribution in [1.29, 1.82) is 0 Å². The van der Waals surface area contributed by atoms with Crippen molar-refractivity contribution in [2.75, 3.05) is 5.32 Å². The van der Waals surface area contributed by atoms with Crippen LogP contribution < -0.4 is 5.32 Å². The van der Waals surface area contributed by atoms with E-state index in [4.69, 9.17) is 4.74 Å². The van der Waals surface area contributed by atoms with Gasteiger partial charge in [-0.1, -0.05) is 50.6 Å². The number of esters is 1. The van der Waals surface area contributed by atoms with E-state index in [-0.39, 0.29) is 11.3 Å². The average Bonchev–Trinajstić information content (AvgIpc) is 2.56. The third-order valence-corrected chi connectivity index (χ3v) is 4.28. The Kier molecular flexibility index (Phi) is 5.86. The van der Waals surface area contributed by atoms with Crippen LogP contribution in [0.15, 0.2) is 42.5 Å². The summed E-state index contributed by atoms with van der Waals surface area (Å²) in [4.78, 5) is 24.6. The maximum atomic E-state index is 12.3. The lowest BCUT2D eigenvalue weighted by Crippen LogP contribution is -2.30. The Labute approximate surface area is 155 Å². The molecule has 0 aliphatic carbocycles. The molecule has 0 unspecified atom stereocenters. The molecule has 0 saturated heterocycles. The molecule has 2 aromatic carbocycles. The van der Waals surface area contributed by atoms with Gasteiger partial charge in [0.2, 0.25) is 0 Å². The topological polar surface area (TPSA) is 55.4 Å². The fourth-order valence-electron chi connectivity index (χ4n) is 2.58. The number of carbonyl (C=O) groups excluding carboxylic acids is 2. The summed E-state index contributed by atoms with van der Waals surface area (Å²) in [6.45, 7) is 11.8. The van der Waals surface area contributed by atoms with Gasteiger partial charge in [0.05, 0.1) is 5.56 Å². The number of aryl methyl sites for hydroxylation is 2. The van der Waals surface area contributed by atoms with Gasteiger partial charge in [-0.05, 0) is 55.5 Å². The summed E-state index contributed by atoms with van der Waals surface area (Å²) < 4.78 is 5.31. The maximum Gasteiger partial charge on any atom is 0.338 e. The summed E-state index contributed by atoms with van der Waals surface area (Å²) in [5.41, 5.74) is 4.40. The molecule has 138 valence electrons. The van der Waals surface area contributed by atoms with E-state index in [2.05, 4.69) is 26.1 Å². The molecule has 2 rings (SSSR count). The standard InChI is InChI=1S/C22H27NO3/c1-14-7-12-19(15(2)13-14)23-20(24)16(3)26-21(25)17-8-10-18(11-9-17)22(4,5)6/h7-13,16H,1-6H3,(H,23,24)/t16-/m1/s1. The predicted octanol–water partition coefficient (Wildman–Crippen LogP) is 4.78. The molecule has 0 bridgehead atoms. The average molecular weight is 353 g/mol. The molecule has 0 fully saturated rings. The van der Waals surface area contributed by atoms with Gasteiger partial charge < -0.3 is 10.1 Å². The SMILES string of the molecule is Cc1ccc(NC(=O)[C@@H](C)OC(=O)c2ccc(C(C)(C)C)cc2)c(C)c1. The lowest BCUT2D eigenvalue weighted by Gasteiger charge is -2.19. The minimum Gasteiger partial charge on any atom is -0.449 e. The van der Waals surface area contributed by atoms with E-state index in [1.165, 1.54) is 0 Å². The fourth-order valence-corrected chi connectivity index (χ4v) is 2.58. The van der Waals surface area contributed by atoms with Gasteiger partial charge in [0.25, 0.3) is 5.91 Å². The monoisotopic (exact) mass is 353 g/mol. The highest BCUT2D eigenvalue weighted by molar-refractivity contribution is 5.97. The van der Waals surface area contributed by atoms with Crippen LogP contribution in [0.1, 0.15) is 54.7 Å². The van der Waals surface area contributed by atoms with Crippen LogP contribution in [-0.4, -0.2) is 18.0 Å². The van der Waals surface area contributed by atoms with Crippen LogP contribution >= 0.6 is 0 Å². The van der Waals surface area contributed by atoms with Gasteiger partial charge >= 0.3 is 5.97 Å². The number of nitrogens with one attached hydrogen (secondary N) is 1. The Morgan fingerprint density at radius 3 is 2.15 bits per heavy atom. The summed E-state index contributed by atoms with van der Waals surface area (Å²) in [5, 5.41) is 2.81. The summed E-state index contributed by atoms with van der Waals surface area (Å²) in [7, 11) is 0. The van der Waals surface area contributed by atoms with Crippen LogP contribution in [0.25, 0.3) is 0 Å². The van der Waals surface area contributed by atoms with Crippen molar-refractivity contribution in [1.82, 2.24) is 0 Å². The highest BCUT2D eigenvalue weighted by Crippen LogP contribution is 2.22. The zero-order valence-corrected chi connectivity index (χ0v) is 16.3. The third-order valence-electron chi connectivity index (χ3n) is 4.28. The molecule has 1 amide bonds. The molecule has 1 atom stereocenters. The molecule has 1 N–H and O–H groups in total. The summed E-state index contributed by atoms with van der Waals surface area (Å²) in [6, 6.07) is 13.1. The largest absolute Gasteiger partial charge is 0.449 e. The first-order valence-corrected chi connectivity index (χ1v) is 8.77. The van der Waals surface area contributed by atoms with Crippen molar-refractivity contribution in [2.24, 2.45) is 0 Å². The molecule has 0 aromatic heterocycles. The molecular weight excluding hydrogens is 326 g/mol. The Morgan fingerprint density at radius 2 is 1.62 bits per heavy atom. The second-order valence-corrected chi connectivity index (χ2v) is 7.68. The van der Waals surface area contributed by atoms with Crippen molar-refractivity contribution < 1.29 is 14.3 Å². The molecule has 0 radical (unpaired) electrons. The van der Waals surface area contributed by atoms with Gasteiger partial charge in [0, 0.05) is 5.69 Å². The first kappa shape index (κ1) is 19.7. The van der Waals surface area contributed by atoms with Crippen molar-refractivity contribution >= 4 is 17.6 Å². The first-order chi connectivity index (χ1) is 12.1. The van der Waals surface area contributed by atoms with Crippen molar-refractivity contribution in [2.45, 2.75) is 53.1 Å². The quantitative estimate of drug-likeness (QED) is 0.805. The highest BCUT2D eigenvalue weighted by Gasteiger charge is 2.20. The van der Waals surface area contributed by atoms with E-state index < -0.39 is 12.1 Å². The summed E-state index contributed by atoms with van der Waals surface area (Å²) >= 11 is 0. The normalized spacial score (nSPS) is 12.4. The zero-order chi connectivity index (χ0) is 19.5. The van der Waals surface area contributed by atoms with Crippen LogP contribution in [0.4, 0.5) is 5.69 Å². The lowest BCUT2D eigenvalue weighted by molar-refractivity contribution is -0.123. The van der Waals surface area contributed by atoms with Crippen LogP contribution in [0.3, 0.4) is 0 Å². The van der Waals surface area contributed by atoms with Gasteiger partial charge in [-0.25, -0.2) is 4.79 Å². The Bertz CT molecular complexity index is 801. The molecule has 0 heterocycles. The summed E-state index contributed by atoms with van der Waals surface area (Å²) in [5.74, 6) is -0.856. The number of carbonyl (C=O) groups is 2. The Morgan fingerprint density at radius 1 is 1.00 bits per heavy atom. The van der Waals surface area contributed by atoms with Gasteiger partial charge in [-0.15, -0.1) is 0 Å². The Hall–Kier alpha value is -2.62. The molecule has 26 heavy (non-hydrogen) atoms. The lowest BCUT2D eigenvalue weighted by atomic mass is 9.87. The number of ether oxygens (including phenoxy) is 1. The van der Waals surface area contributed by atoms with Crippen molar-refractivity contribution in [3.8, 4) is 0 Å². The minimum atomic E-state index is -0.884. The van der Waals surface area contributed by atoms with Crippen LogP contribution in [-0.2, 0) is 14.9 Å². The van der Waals surface area contributed by atoms with E-state index in [9.17, 15) is 9.59 Å². The fraction of sp³-hybridized carbons (Fsp3) is 0.364. The van der Waals surface area contributed by atoms with E-state index in [0.29, 0.717) is 5.56 Å². The molecule has 0 spiro atoms. The maximum absolute atomic E-state index is 12.3. The number of anilines is 1. The second-order valence-electron chi connectivity index (χ2n) is 7.68. The number of hydrogen-bond donors (Lipinski definition) is 1. The van der Waals surface area contributed by atoms with Crippen molar-refractivity contribution in [3.63, 3.8) is 0 Å². The zero-order valence-electron chi connectivity index (χ0n) is 16.3. The summed E-state index contributed by atoms with van der Waals surface area (Å²) in [6.07, 6.45) is -0.884. The molecule has 4 nitrogen and oxygen atoms in total. The molecule has 4 heteroatoms. The van der Waals surface area contributed by atoms with Crippen LogP contribution in [0, 0.1) is 13.8 Å². The van der Waals surface area contributed by atoms with E-state index >= 15 is 0 Å². The third kappa shape index (κ3) is 4.94. The highest BCUT2D eigenvalue weighted by atomic mass is 16.5. The first-order valence-electron chi connectivity index (χ1n) is 8.77. The Balaban J connectivity index is 2.00. The molecular formula is C22H27NO3.